The van der Waals surface area contributed by atoms with Crippen molar-refractivity contribution in [3.63, 3.8) is 0 Å². The molecule has 2 aromatic rings. The van der Waals surface area contributed by atoms with Crippen molar-refractivity contribution in [2.24, 2.45) is 5.92 Å². The number of anilines is 1. The standard InChI is InChI=1S/C29H34N2O4/c1-17(2)35-29(33)26-18(3)30-24-15-21(19-9-13-23(34-6)14-10-19)16-25(32)28(24)27(26)20-7-11-22(12-8-20)31(4)5/h7-15,17,21,27-28,30H,16H2,1-6H3. The fourth-order valence-corrected chi connectivity index (χ4v) is 5.03. The summed E-state index contributed by atoms with van der Waals surface area (Å²) in [6.45, 7) is 5.56. The van der Waals surface area contributed by atoms with Gasteiger partial charge in [-0.25, -0.2) is 4.79 Å². The highest BCUT2D eigenvalue weighted by molar-refractivity contribution is 5.96. The molecular formula is C29H34N2O4. The van der Waals surface area contributed by atoms with Crippen LogP contribution in [0.25, 0.3) is 0 Å². The molecule has 0 bridgehead atoms. The fourth-order valence-electron chi connectivity index (χ4n) is 5.03. The predicted molar refractivity (Wildman–Crippen MR) is 138 cm³/mol. The van der Waals surface area contributed by atoms with Crippen LogP contribution in [-0.4, -0.2) is 39.1 Å². The normalized spacial score (nSPS) is 21.7. The van der Waals surface area contributed by atoms with E-state index in [1.807, 2.05) is 88.3 Å². The van der Waals surface area contributed by atoms with Crippen LogP contribution in [0.15, 0.2) is 71.6 Å². The van der Waals surface area contributed by atoms with E-state index in [0.29, 0.717) is 12.0 Å². The zero-order chi connectivity index (χ0) is 25.3. The Morgan fingerprint density at radius 3 is 2.20 bits per heavy atom. The number of hydrogen-bond donors (Lipinski definition) is 1. The second-order valence-corrected chi connectivity index (χ2v) is 9.73. The number of benzene rings is 2. The maximum atomic E-state index is 13.7. The molecule has 0 aromatic heterocycles. The SMILES string of the molecule is COc1ccc(C2C=C3NC(C)=C(C(=O)OC(C)C)C(c4ccc(N(C)C)cc4)C3C(=O)C2)cc1. The summed E-state index contributed by atoms with van der Waals surface area (Å²) in [7, 11) is 5.61. The van der Waals surface area contributed by atoms with E-state index in [2.05, 4.69) is 11.4 Å². The summed E-state index contributed by atoms with van der Waals surface area (Å²) in [6, 6.07) is 15.9. The largest absolute Gasteiger partial charge is 0.497 e. The van der Waals surface area contributed by atoms with Crippen LogP contribution >= 0.6 is 0 Å². The molecule has 1 heterocycles. The first-order valence-corrected chi connectivity index (χ1v) is 12.0. The van der Waals surface area contributed by atoms with Crippen molar-refractivity contribution in [1.82, 2.24) is 5.32 Å². The Morgan fingerprint density at radius 1 is 1.00 bits per heavy atom. The molecule has 1 aliphatic carbocycles. The van der Waals surface area contributed by atoms with E-state index < -0.39 is 11.8 Å². The molecule has 6 heteroatoms. The van der Waals surface area contributed by atoms with Gasteiger partial charge in [-0.3, -0.25) is 4.79 Å². The van der Waals surface area contributed by atoms with Gasteiger partial charge in [0.2, 0.25) is 0 Å². The van der Waals surface area contributed by atoms with Crippen molar-refractivity contribution in [3.8, 4) is 5.75 Å². The van der Waals surface area contributed by atoms with Gasteiger partial charge in [0, 0.05) is 49.4 Å². The first-order valence-electron chi connectivity index (χ1n) is 12.0. The van der Waals surface area contributed by atoms with Gasteiger partial charge in [-0.1, -0.05) is 30.3 Å². The van der Waals surface area contributed by atoms with Crippen LogP contribution in [0.3, 0.4) is 0 Å². The molecule has 2 aliphatic rings. The monoisotopic (exact) mass is 474 g/mol. The Kier molecular flexibility index (Phi) is 7.01. The average molecular weight is 475 g/mol. The molecule has 0 fully saturated rings. The molecule has 35 heavy (non-hydrogen) atoms. The number of carbonyl (C=O) groups excluding carboxylic acids is 2. The van der Waals surface area contributed by atoms with E-state index in [1.54, 1.807) is 7.11 Å². The molecule has 4 rings (SSSR count). The Morgan fingerprint density at radius 2 is 1.63 bits per heavy atom. The number of nitrogens with zero attached hydrogens (tertiary/aromatic N) is 1. The van der Waals surface area contributed by atoms with E-state index in [1.165, 1.54) is 0 Å². The van der Waals surface area contributed by atoms with Crippen molar-refractivity contribution in [1.29, 1.82) is 0 Å². The van der Waals surface area contributed by atoms with E-state index in [-0.39, 0.29) is 23.8 Å². The van der Waals surface area contributed by atoms with E-state index in [9.17, 15) is 9.59 Å². The number of carbonyl (C=O) groups is 2. The number of hydrogen-bond acceptors (Lipinski definition) is 6. The lowest BCUT2D eigenvalue weighted by Gasteiger charge is -2.39. The molecule has 0 saturated carbocycles. The number of methoxy groups -OCH3 is 1. The first kappa shape index (κ1) is 24.6. The molecule has 184 valence electrons. The minimum absolute atomic E-state index is 0.0408. The Labute approximate surface area is 207 Å². The smallest absolute Gasteiger partial charge is 0.336 e. The van der Waals surface area contributed by atoms with Gasteiger partial charge < -0.3 is 19.7 Å². The summed E-state index contributed by atoms with van der Waals surface area (Å²) in [5.41, 5.74) is 5.14. The number of allylic oxidation sites excluding steroid dienone is 3. The lowest BCUT2D eigenvalue weighted by Crippen LogP contribution is -2.42. The number of nitrogens with one attached hydrogen (secondary N) is 1. The lowest BCUT2D eigenvalue weighted by molar-refractivity contribution is -0.143. The molecule has 3 atom stereocenters. The third-order valence-electron chi connectivity index (χ3n) is 6.74. The van der Waals surface area contributed by atoms with Gasteiger partial charge in [0.25, 0.3) is 0 Å². The van der Waals surface area contributed by atoms with E-state index in [4.69, 9.17) is 9.47 Å². The summed E-state index contributed by atoms with van der Waals surface area (Å²) >= 11 is 0. The minimum atomic E-state index is -0.465. The number of rotatable bonds is 6. The quantitative estimate of drug-likeness (QED) is 0.599. The predicted octanol–water partition coefficient (Wildman–Crippen LogP) is 4.93. The molecule has 2 aromatic carbocycles. The van der Waals surface area contributed by atoms with Crippen molar-refractivity contribution in [2.75, 3.05) is 26.1 Å². The second-order valence-electron chi connectivity index (χ2n) is 9.73. The van der Waals surface area contributed by atoms with E-state index in [0.717, 1.165) is 34.0 Å². The number of ether oxygens (including phenoxy) is 2. The third-order valence-corrected chi connectivity index (χ3v) is 6.74. The highest BCUT2D eigenvalue weighted by Gasteiger charge is 2.45. The summed E-state index contributed by atoms with van der Waals surface area (Å²) < 4.78 is 10.9. The summed E-state index contributed by atoms with van der Waals surface area (Å²) in [6.07, 6.45) is 2.27. The van der Waals surface area contributed by atoms with Crippen LogP contribution in [0.2, 0.25) is 0 Å². The van der Waals surface area contributed by atoms with Gasteiger partial charge in [-0.15, -0.1) is 0 Å². The molecule has 1 N–H and O–H groups in total. The van der Waals surface area contributed by atoms with Gasteiger partial charge in [-0.2, -0.15) is 0 Å². The summed E-state index contributed by atoms with van der Waals surface area (Å²) in [5, 5.41) is 3.39. The van der Waals surface area contributed by atoms with Crippen LogP contribution in [0.5, 0.6) is 5.75 Å². The van der Waals surface area contributed by atoms with Gasteiger partial charge >= 0.3 is 5.97 Å². The van der Waals surface area contributed by atoms with E-state index >= 15 is 0 Å². The molecular weight excluding hydrogens is 440 g/mol. The van der Waals surface area contributed by atoms with Crippen molar-refractivity contribution < 1.29 is 19.1 Å². The van der Waals surface area contributed by atoms with Gasteiger partial charge in [-0.05, 0) is 56.2 Å². The maximum absolute atomic E-state index is 13.7. The maximum Gasteiger partial charge on any atom is 0.336 e. The molecule has 0 saturated heterocycles. The van der Waals surface area contributed by atoms with Crippen molar-refractivity contribution in [2.45, 2.75) is 45.1 Å². The highest BCUT2D eigenvalue weighted by atomic mass is 16.5. The van der Waals surface area contributed by atoms with Crippen molar-refractivity contribution >= 4 is 17.4 Å². The topological polar surface area (TPSA) is 67.9 Å². The van der Waals surface area contributed by atoms with Gasteiger partial charge in [0.15, 0.2) is 0 Å². The number of esters is 1. The zero-order valence-corrected chi connectivity index (χ0v) is 21.3. The highest BCUT2D eigenvalue weighted by Crippen LogP contribution is 2.46. The number of ketones is 1. The second kappa shape index (κ2) is 9.98. The zero-order valence-electron chi connectivity index (χ0n) is 21.3. The molecule has 6 nitrogen and oxygen atoms in total. The van der Waals surface area contributed by atoms with Gasteiger partial charge in [0.1, 0.15) is 11.5 Å². The first-order chi connectivity index (χ1) is 16.7. The van der Waals surface area contributed by atoms with Crippen molar-refractivity contribution in [3.05, 3.63) is 82.7 Å². The average Bonchev–Trinajstić information content (AvgIpc) is 2.82. The molecule has 0 radical (unpaired) electrons. The molecule has 3 unspecified atom stereocenters. The Balaban J connectivity index is 1.79. The van der Waals surface area contributed by atoms with Crippen LogP contribution < -0.4 is 15.0 Å². The molecule has 0 spiro atoms. The van der Waals surface area contributed by atoms with Gasteiger partial charge in [0.05, 0.1) is 24.7 Å². The van der Waals surface area contributed by atoms with Crippen LogP contribution in [0.4, 0.5) is 5.69 Å². The molecule has 0 amide bonds. The van der Waals surface area contributed by atoms with Crippen LogP contribution in [-0.2, 0) is 14.3 Å². The molecule has 1 aliphatic heterocycles. The third kappa shape index (κ3) is 4.97. The lowest BCUT2D eigenvalue weighted by atomic mass is 9.68. The minimum Gasteiger partial charge on any atom is -0.497 e. The fraction of sp³-hybridized carbons (Fsp3) is 0.379. The number of Topliss-reactive ketones (excluding diaryl/α,β-unsaturated/α-hetero) is 1. The Bertz CT molecular complexity index is 1160. The van der Waals surface area contributed by atoms with Crippen LogP contribution in [0.1, 0.15) is 50.2 Å². The number of fused-ring (bicyclic) bond motifs is 1. The van der Waals surface area contributed by atoms with Crippen LogP contribution in [0, 0.1) is 5.92 Å². The summed E-state index contributed by atoms with van der Waals surface area (Å²) in [4.78, 5) is 29.0. The Hall–Kier alpha value is -3.54. The summed E-state index contributed by atoms with van der Waals surface area (Å²) in [5.74, 6) is -0.399.